The molecule has 0 aliphatic carbocycles. The van der Waals surface area contributed by atoms with Gasteiger partial charge in [-0.05, 0) is 49.0 Å². The molecule has 29 heavy (non-hydrogen) atoms. The summed E-state index contributed by atoms with van der Waals surface area (Å²) in [6.07, 6.45) is -2.63. The molecule has 0 radical (unpaired) electrons. The molecular formula is C19H15BrF3N3O2S. The smallest absolute Gasteiger partial charge is 0.416 e. The number of non-ortho nitro benzene ring substituents is 1. The third-order valence-electron chi connectivity index (χ3n) is 4.64. The third kappa shape index (κ3) is 3.91. The van der Waals surface area contributed by atoms with Crippen molar-refractivity contribution in [3.8, 4) is 16.9 Å². The summed E-state index contributed by atoms with van der Waals surface area (Å²) in [5.41, 5.74) is 1.29. The van der Waals surface area contributed by atoms with Gasteiger partial charge in [0, 0.05) is 23.4 Å². The summed E-state index contributed by atoms with van der Waals surface area (Å²) in [4.78, 5) is 10.4. The number of halogens is 4. The number of alkyl halides is 3. The van der Waals surface area contributed by atoms with Gasteiger partial charge in [-0.3, -0.25) is 10.1 Å². The first-order chi connectivity index (χ1) is 13.3. The predicted molar refractivity (Wildman–Crippen MR) is 98.5 cm³/mol. The molecule has 4 rings (SSSR count). The summed E-state index contributed by atoms with van der Waals surface area (Å²) < 4.78 is 43.2. The van der Waals surface area contributed by atoms with E-state index in [0.29, 0.717) is 5.69 Å². The van der Waals surface area contributed by atoms with Crippen molar-refractivity contribution in [2.75, 3.05) is 5.75 Å². The number of aromatic nitrogens is 2. The van der Waals surface area contributed by atoms with Gasteiger partial charge in [0.15, 0.2) is 5.69 Å². The van der Waals surface area contributed by atoms with Gasteiger partial charge in [0.2, 0.25) is 0 Å². The largest absolute Gasteiger partial charge is 1.00 e. The number of benzene rings is 2. The minimum atomic E-state index is -4.42. The molecule has 0 spiro atoms. The zero-order valence-electron chi connectivity index (χ0n) is 15.1. The maximum absolute atomic E-state index is 13.1. The molecule has 1 aliphatic rings. The van der Waals surface area contributed by atoms with Crippen molar-refractivity contribution in [2.24, 2.45) is 0 Å². The fourth-order valence-corrected chi connectivity index (χ4v) is 4.53. The fraction of sp³-hybridized carbons (Fsp3) is 0.211. The summed E-state index contributed by atoms with van der Waals surface area (Å²) in [6, 6.07) is 11.5. The van der Waals surface area contributed by atoms with Crippen molar-refractivity contribution in [1.82, 2.24) is 4.57 Å². The number of imidazole rings is 1. The third-order valence-corrected chi connectivity index (χ3v) is 5.94. The van der Waals surface area contributed by atoms with Crippen molar-refractivity contribution < 1.29 is 39.6 Å². The molecule has 0 amide bonds. The summed E-state index contributed by atoms with van der Waals surface area (Å²) in [5, 5.41) is 11.7. The van der Waals surface area contributed by atoms with E-state index in [1.807, 2.05) is 6.92 Å². The van der Waals surface area contributed by atoms with Crippen molar-refractivity contribution in [3.05, 3.63) is 70.4 Å². The van der Waals surface area contributed by atoms with Crippen molar-refractivity contribution in [3.63, 3.8) is 0 Å². The molecule has 1 aromatic heterocycles. The lowest BCUT2D eigenvalue weighted by molar-refractivity contribution is -0.734. The molecule has 5 nitrogen and oxygen atoms in total. The first-order valence-corrected chi connectivity index (χ1v) is 9.46. The number of hydrogen-bond donors (Lipinski definition) is 0. The molecule has 1 aliphatic heterocycles. The van der Waals surface area contributed by atoms with Crippen LogP contribution in [0.5, 0.6) is 0 Å². The normalized spacial score (nSPS) is 15.7. The lowest BCUT2D eigenvalue weighted by Gasteiger charge is -2.07. The van der Waals surface area contributed by atoms with Crippen LogP contribution in [-0.2, 0) is 6.18 Å². The number of fused-ring (bicyclic) bond motifs is 1. The molecule has 3 aromatic rings. The molecule has 152 valence electrons. The van der Waals surface area contributed by atoms with E-state index in [1.165, 1.54) is 18.2 Å². The Morgan fingerprint density at radius 2 is 1.90 bits per heavy atom. The van der Waals surface area contributed by atoms with Gasteiger partial charge >= 0.3 is 11.3 Å². The number of hydrogen-bond acceptors (Lipinski definition) is 3. The highest BCUT2D eigenvalue weighted by molar-refractivity contribution is 7.99. The molecule has 0 saturated heterocycles. The quantitative estimate of drug-likeness (QED) is 0.324. The Kier molecular flexibility index (Phi) is 5.77. The molecule has 2 aromatic carbocycles. The maximum atomic E-state index is 13.1. The Balaban J connectivity index is 0.00000240. The van der Waals surface area contributed by atoms with E-state index >= 15 is 0 Å². The van der Waals surface area contributed by atoms with Crippen molar-refractivity contribution >= 4 is 17.4 Å². The Labute approximate surface area is 179 Å². The van der Waals surface area contributed by atoms with Crippen LogP contribution in [-0.4, -0.2) is 15.2 Å². The van der Waals surface area contributed by atoms with E-state index in [2.05, 4.69) is 4.57 Å². The second-order valence-electron chi connectivity index (χ2n) is 6.55. The Morgan fingerprint density at radius 1 is 1.21 bits per heavy atom. The Hall–Kier alpha value is -2.33. The topological polar surface area (TPSA) is 51.9 Å². The van der Waals surface area contributed by atoms with Gasteiger partial charge < -0.3 is 17.0 Å². The molecular weight excluding hydrogens is 471 g/mol. The number of nitrogens with zero attached hydrogens (tertiary/aromatic N) is 3. The van der Waals surface area contributed by atoms with Gasteiger partial charge in [0.1, 0.15) is 17.9 Å². The fourth-order valence-electron chi connectivity index (χ4n) is 3.28. The van der Waals surface area contributed by atoms with E-state index in [-0.39, 0.29) is 28.7 Å². The van der Waals surface area contributed by atoms with Crippen LogP contribution < -0.4 is 21.5 Å². The molecule has 10 heteroatoms. The second-order valence-corrected chi connectivity index (χ2v) is 7.54. The van der Waals surface area contributed by atoms with Crippen molar-refractivity contribution in [2.45, 2.75) is 24.3 Å². The highest BCUT2D eigenvalue weighted by atomic mass is 79.9. The van der Waals surface area contributed by atoms with Crippen LogP contribution in [0.25, 0.3) is 16.9 Å². The molecule has 0 fully saturated rings. The first kappa shape index (κ1) is 21.4. The van der Waals surface area contributed by atoms with Crippen LogP contribution in [0.15, 0.2) is 59.9 Å². The molecule has 0 N–H and O–H groups in total. The van der Waals surface area contributed by atoms with Crippen LogP contribution in [0, 0.1) is 10.1 Å². The lowest BCUT2D eigenvalue weighted by Crippen LogP contribution is -3.00. The number of rotatable bonds is 3. The van der Waals surface area contributed by atoms with Crippen LogP contribution in [0.3, 0.4) is 0 Å². The Bertz CT molecular complexity index is 1070. The van der Waals surface area contributed by atoms with Gasteiger partial charge in [0.25, 0.3) is 5.69 Å². The standard InChI is InChI=1S/C19H15F3N3O2S.BrH/c1-12-11-28-18-23(16-4-2-3-14(9-16)19(20,21)22)10-17(24(12)18)13-5-7-15(8-6-13)25(26)27;/h2-10,12H,11H2,1H3;1H/q+1;/p-1. The Morgan fingerprint density at radius 3 is 2.52 bits per heavy atom. The lowest BCUT2D eigenvalue weighted by atomic mass is 10.1. The minimum Gasteiger partial charge on any atom is -1.00 e. The predicted octanol–water partition coefficient (Wildman–Crippen LogP) is 2.03. The average molecular weight is 486 g/mol. The maximum Gasteiger partial charge on any atom is 0.416 e. The summed E-state index contributed by atoms with van der Waals surface area (Å²) >= 11 is 1.57. The molecule has 1 atom stereocenters. The zero-order chi connectivity index (χ0) is 20.1. The highest BCUT2D eigenvalue weighted by Gasteiger charge is 2.37. The van der Waals surface area contributed by atoms with Gasteiger partial charge in [-0.2, -0.15) is 17.7 Å². The van der Waals surface area contributed by atoms with Gasteiger partial charge in [0.05, 0.1) is 10.5 Å². The summed E-state index contributed by atoms with van der Waals surface area (Å²) in [6.45, 7) is 2.04. The minimum absolute atomic E-state index is 0. The van der Waals surface area contributed by atoms with Gasteiger partial charge in [-0.15, -0.1) is 0 Å². The monoisotopic (exact) mass is 485 g/mol. The van der Waals surface area contributed by atoms with Crippen LogP contribution in [0.4, 0.5) is 18.9 Å². The van der Waals surface area contributed by atoms with Crippen LogP contribution in [0.2, 0.25) is 0 Å². The second kappa shape index (κ2) is 7.83. The molecule has 1 unspecified atom stereocenters. The van der Waals surface area contributed by atoms with E-state index in [9.17, 15) is 23.3 Å². The number of nitro groups is 1. The first-order valence-electron chi connectivity index (χ1n) is 8.48. The van der Waals surface area contributed by atoms with E-state index in [0.717, 1.165) is 34.3 Å². The zero-order valence-corrected chi connectivity index (χ0v) is 17.5. The van der Waals surface area contributed by atoms with Crippen LogP contribution >= 0.6 is 11.8 Å². The summed E-state index contributed by atoms with van der Waals surface area (Å²) in [7, 11) is 0. The summed E-state index contributed by atoms with van der Waals surface area (Å²) in [5.74, 6) is 0.801. The van der Waals surface area contributed by atoms with Crippen molar-refractivity contribution in [1.29, 1.82) is 0 Å². The molecule has 0 saturated carbocycles. The highest BCUT2D eigenvalue weighted by Crippen LogP contribution is 2.36. The van der Waals surface area contributed by atoms with Gasteiger partial charge in [-0.1, -0.05) is 6.07 Å². The van der Waals surface area contributed by atoms with E-state index < -0.39 is 16.7 Å². The van der Waals surface area contributed by atoms with E-state index in [4.69, 9.17) is 0 Å². The van der Waals surface area contributed by atoms with Crippen LogP contribution in [0.1, 0.15) is 18.5 Å². The molecule has 0 bridgehead atoms. The van der Waals surface area contributed by atoms with E-state index in [1.54, 1.807) is 40.7 Å². The number of nitro benzene ring substituents is 1. The van der Waals surface area contributed by atoms with Gasteiger partial charge in [-0.25, -0.2) is 4.57 Å². The average Bonchev–Trinajstić information content (AvgIpc) is 3.22. The SMILES string of the molecule is CC1CSc2n(-c3cccc(C(F)(F)F)c3)cc(-c3ccc([N+](=O)[O-])cc3)[n+]21.[Br-]. The molecule has 2 heterocycles. The number of thioether (sulfide) groups is 1.